The molecule has 7 nitrogen and oxygen atoms in total. The number of amides is 2. The zero-order chi connectivity index (χ0) is 21.9. The van der Waals surface area contributed by atoms with Gasteiger partial charge in [0.15, 0.2) is 5.17 Å². The normalized spacial score (nSPS) is 15.8. The van der Waals surface area contributed by atoms with Gasteiger partial charge in [0.2, 0.25) is 5.91 Å². The summed E-state index contributed by atoms with van der Waals surface area (Å²) in [7, 11) is 0. The van der Waals surface area contributed by atoms with Crippen LogP contribution in [-0.4, -0.2) is 47.5 Å². The van der Waals surface area contributed by atoms with Crippen molar-refractivity contribution < 1.29 is 36.1 Å². The summed E-state index contributed by atoms with van der Waals surface area (Å²) in [4.78, 5) is 43.4. The molecule has 1 aliphatic heterocycles. The smallest absolute Gasteiger partial charge is 0.338 e. The lowest BCUT2D eigenvalue weighted by Crippen LogP contribution is -3.00. The summed E-state index contributed by atoms with van der Waals surface area (Å²) >= 11 is 1.24. The number of carbonyl (C=O) groups is 3. The number of ether oxygens (including phenoxy) is 1. The highest BCUT2D eigenvalue weighted by molar-refractivity contribution is 8.18. The van der Waals surface area contributed by atoms with Gasteiger partial charge in [-0.25, -0.2) is 4.79 Å². The summed E-state index contributed by atoms with van der Waals surface area (Å²) in [5.41, 5.74) is 0.939. The number of hydrogen-bond acceptors (Lipinski definition) is 6. The van der Waals surface area contributed by atoms with E-state index in [9.17, 15) is 14.4 Å². The van der Waals surface area contributed by atoms with Gasteiger partial charge in [0.05, 0.1) is 17.1 Å². The molecule has 0 atom stereocenters. The van der Waals surface area contributed by atoms with Crippen molar-refractivity contribution in [2.24, 2.45) is 4.99 Å². The molecule has 1 fully saturated rings. The maximum Gasteiger partial charge on any atom is 0.338 e. The maximum absolute atomic E-state index is 12.7. The minimum absolute atomic E-state index is 0. The third kappa shape index (κ3) is 8.14. The highest BCUT2D eigenvalue weighted by Crippen LogP contribution is 2.31. The number of amidine groups is 1. The molecule has 1 aromatic carbocycles. The van der Waals surface area contributed by atoms with Gasteiger partial charge in [-0.15, -0.1) is 0 Å². The van der Waals surface area contributed by atoms with Crippen LogP contribution >= 0.6 is 11.8 Å². The number of halogens is 1. The van der Waals surface area contributed by atoms with Crippen molar-refractivity contribution in [2.75, 3.05) is 25.0 Å². The van der Waals surface area contributed by atoms with Crippen LogP contribution in [0.25, 0.3) is 0 Å². The number of aliphatic imine (C=N–C) groups is 1. The van der Waals surface area contributed by atoms with E-state index < -0.39 is 11.9 Å². The van der Waals surface area contributed by atoms with E-state index in [0.29, 0.717) is 41.0 Å². The highest BCUT2D eigenvalue weighted by Gasteiger charge is 2.33. The molecule has 0 spiro atoms. The first kappa shape index (κ1) is 26.9. The van der Waals surface area contributed by atoms with Crippen LogP contribution in [0.5, 0.6) is 0 Å². The van der Waals surface area contributed by atoms with Crippen LogP contribution in [0.2, 0.25) is 0 Å². The lowest BCUT2D eigenvalue weighted by molar-refractivity contribution is -0.122. The zero-order valence-electron chi connectivity index (χ0n) is 18.2. The van der Waals surface area contributed by atoms with Gasteiger partial charge in [-0.3, -0.25) is 19.5 Å². The number of nitrogens with zero attached hydrogens (tertiary/aromatic N) is 2. The fourth-order valence-corrected chi connectivity index (χ4v) is 3.67. The number of hydrogen-bond donors (Lipinski definition) is 1. The first-order chi connectivity index (χ1) is 14.5. The Hall–Kier alpha value is -2.13. The second-order valence-corrected chi connectivity index (χ2v) is 7.74. The largest absolute Gasteiger partial charge is 1.00 e. The minimum Gasteiger partial charge on any atom is -1.00 e. The number of anilines is 1. The number of nitrogens with one attached hydrogen (secondary N) is 1. The van der Waals surface area contributed by atoms with E-state index in [1.54, 1.807) is 36.1 Å². The summed E-state index contributed by atoms with van der Waals surface area (Å²) in [6, 6.07) is 6.41. The molecule has 1 saturated heterocycles. The van der Waals surface area contributed by atoms with Crippen LogP contribution in [0.1, 0.15) is 56.8 Å². The molecule has 0 radical (unpaired) electrons. The second-order valence-electron chi connectivity index (χ2n) is 6.73. The van der Waals surface area contributed by atoms with Crippen LogP contribution in [-0.2, 0) is 14.3 Å². The van der Waals surface area contributed by atoms with Gasteiger partial charge in [-0.05, 0) is 55.8 Å². The molecule has 0 bridgehead atoms. The summed E-state index contributed by atoms with van der Waals surface area (Å²) in [6.45, 7) is 7.47. The number of benzene rings is 1. The molecule has 0 aromatic heterocycles. The molecule has 9 heteroatoms. The standard InChI is InChI=1S/C22H29N3O4S.BrH/c1-4-7-13-23-22-25(14-8-5-2)20(27)18(30-22)15-19(26)24-17-11-9-16(10-12-17)21(28)29-6-3;/h9-12,15H,4-8,13-14H2,1-3H3,(H,24,26);1H/p-1/b18-15+,23-22?;. The second kappa shape index (κ2) is 14.0. The molecule has 2 rings (SSSR count). The molecular weight excluding hydrogens is 482 g/mol. The van der Waals surface area contributed by atoms with Gasteiger partial charge >= 0.3 is 5.97 Å². The molecule has 1 aliphatic rings. The van der Waals surface area contributed by atoms with Crippen molar-refractivity contribution in [3.05, 3.63) is 40.8 Å². The Bertz CT molecular complexity index is 825. The fraction of sp³-hybridized carbons (Fsp3) is 0.455. The number of unbranched alkanes of at least 4 members (excludes halogenated alkanes) is 2. The average Bonchev–Trinajstić information content (AvgIpc) is 3.01. The Morgan fingerprint density at radius 1 is 1.13 bits per heavy atom. The van der Waals surface area contributed by atoms with Gasteiger partial charge in [-0.2, -0.15) is 0 Å². The SMILES string of the molecule is CCCCN=C1S/C(=C/C(=O)Nc2ccc(C(=O)OCC)cc2)C(=O)N1CCCC.[Br-]. The van der Waals surface area contributed by atoms with E-state index in [2.05, 4.69) is 24.2 Å². The number of thioether (sulfide) groups is 1. The van der Waals surface area contributed by atoms with Crippen LogP contribution < -0.4 is 22.3 Å². The van der Waals surface area contributed by atoms with Crippen molar-refractivity contribution in [3.63, 3.8) is 0 Å². The van der Waals surface area contributed by atoms with Crippen LogP contribution in [0.3, 0.4) is 0 Å². The summed E-state index contributed by atoms with van der Waals surface area (Å²) in [5.74, 6) is -0.996. The molecule has 31 heavy (non-hydrogen) atoms. The summed E-state index contributed by atoms with van der Waals surface area (Å²) in [5, 5.41) is 3.39. The highest BCUT2D eigenvalue weighted by atomic mass is 79.9. The van der Waals surface area contributed by atoms with Gasteiger partial charge in [-0.1, -0.05) is 26.7 Å². The Morgan fingerprint density at radius 3 is 2.42 bits per heavy atom. The van der Waals surface area contributed by atoms with Crippen molar-refractivity contribution in [3.8, 4) is 0 Å². The number of rotatable bonds is 10. The van der Waals surface area contributed by atoms with Crippen molar-refractivity contribution in [2.45, 2.75) is 46.5 Å². The van der Waals surface area contributed by atoms with Crippen molar-refractivity contribution >= 4 is 40.4 Å². The third-order valence-corrected chi connectivity index (χ3v) is 5.35. The van der Waals surface area contributed by atoms with Crippen molar-refractivity contribution in [1.82, 2.24) is 4.90 Å². The molecule has 0 aliphatic carbocycles. The third-order valence-electron chi connectivity index (χ3n) is 4.31. The van der Waals surface area contributed by atoms with E-state index in [0.717, 1.165) is 25.7 Å². The minimum atomic E-state index is -0.410. The topological polar surface area (TPSA) is 88.1 Å². The zero-order valence-corrected chi connectivity index (χ0v) is 20.6. The first-order valence-electron chi connectivity index (χ1n) is 10.3. The van der Waals surface area contributed by atoms with E-state index in [4.69, 9.17) is 4.74 Å². The van der Waals surface area contributed by atoms with Gasteiger partial charge in [0.25, 0.3) is 5.91 Å². The van der Waals surface area contributed by atoms with E-state index in [1.807, 2.05) is 0 Å². The number of esters is 1. The monoisotopic (exact) mass is 510 g/mol. The quantitative estimate of drug-likeness (QED) is 0.290. The Kier molecular flexibility index (Phi) is 12.2. The Morgan fingerprint density at radius 2 is 1.81 bits per heavy atom. The summed E-state index contributed by atoms with van der Waals surface area (Å²) < 4.78 is 4.94. The predicted molar refractivity (Wildman–Crippen MR) is 121 cm³/mol. The lowest BCUT2D eigenvalue weighted by atomic mass is 10.2. The van der Waals surface area contributed by atoms with Crippen LogP contribution in [0.4, 0.5) is 5.69 Å². The van der Waals surface area contributed by atoms with E-state index >= 15 is 0 Å². The maximum atomic E-state index is 12.7. The average molecular weight is 511 g/mol. The molecule has 0 saturated carbocycles. The van der Waals surface area contributed by atoms with Gasteiger partial charge in [0, 0.05) is 24.9 Å². The van der Waals surface area contributed by atoms with E-state index in [1.165, 1.54) is 17.8 Å². The Balaban J connectivity index is 0.00000480. The molecule has 0 unspecified atom stereocenters. The van der Waals surface area contributed by atoms with Gasteiger partial charge in [0.1, 0.15) is 0 Å². The first-order valence-corrected chi connectivity index (χ1v) is 11.2. The van der Waals surface area contributed by atoms with Crippen molar-refractivity contribution in [1.29, 1.82) is 0 Å². The molecule has 2 amide bonds. The molecular formula is C22H29BrN3O4S-. The van der Waals surface area contributed by atoms with Gasteiger partial charge < -0.3 is 27.0 Å². The lowest BCUT2D eigenvalue weighted by Gasteiger charge is -2.14. The summed E-state index contributed by atoms with van der Waals surface area (Å²) in [6.07, 6.45) is 5.16. The number of carbonyl (C=O) groups excluding carboxylic acids is 3. The predicted octanol–water partition coefficient (Wildman–Crippen LogP) is 1.22. The molecule has 1 N–H and O–H groups in total. The molecule has 1 heterocycles. The molecule has 1 aromatic rings. The van der Waals surface area contributed by atoms with Crippen LogP contribution in [0.15, 0.2) is 40.2 Å². The van der Waals surface area contributed by atoms with E-state index in [-0.39, 0.29) is 22.9 Å². The Labute approximate surface area is 198 Å². The van der Waals surface area contributed by atoms with Crippen LogP contribution in [0, 0.1) is 0 Å². The molecule has 170 valence electrons. The fourth-order valence-electron chi connectivity index (χ4n) is 2.67.